The number of alkyl carbamates (subject to hydrolysis) is 1. The van der Waals surface area contributed by atoms with Crippen LogP contribution in [0.15, 0.2) is 0 Å². The van der Waals surface area contributed by atoms with Gasteiger partial charge in [0.2, 0.25) is 5.91 Å². The molecule has 0 aromatic heterocycles. The zero-order valence-electron chi connectivity index (χ0n) is 12.2. The van der Waals surface area contributed by atoms with Crippen LogP contribution in [0.1, 0.15) is 40.0 Å². The largest absolute Gasteiger partial charge is 0.453 e. The van der Waals surface area contributed by atoms with E-state index >= 15 is 0 Å². The van der Waals surface area contributed by atoms with Crippen LogP contribution in [0.4, 0.5) is 4.79 Å². The minimum Gasteiger partial charge on any atom is -0.453 e. The smallest absolute Gasteiger partial charge is 0.407 e. The lowest BCUT2D eigenvalue weighted by molar-refractivity contribution is -0.138. The van der Waals surface area contributed by atoms with Crippen LogP contribution in [0.25, 0.3) is 0 Å². The summed E-state index contributed by atoms with van der Waals surface area (Å²) in [6, 6.07) is 0.175. The molecule has 1 aliphatic carbocycles. The third-order valence-corrected chi connectivity index (χ3v) is 4.61. The number of nitrogens with zero attached hydrogens (tertiary/aromatic N) is 1. The number of amides is 2. The standard InChI is InChI=1S/C14H24N2O3/c1-8(2)12(15-14(18)19-4)13(17)16-9(3)10-5-6-11(16)7-10/h8-12H,5-7H2,1-4H3,(H,15,18)/t9-,10+,11-,12+/m1/s1. The zero-order chi connectivity index (χ0) is 14.2. The van der Waals surface area contributed by atoms with E-state index in [1.165, 1.54) is 13.5 Å². The van der Waals surface area contributed by atoms with Gasteiger partial charge in [0.1, 0.15) is 6.04 Å². The highest BCUT2D eigenvalue weighted by Crippen LogP contribution is 2.42. The van der Waals surface area contributed by atoms with Crippen molar-refractivity contribution in [2.75, 3.05) is 7.11 Å². The number of ether oxygens (including phenoxy) is 1. The number of piperidine rings is 1. The van der Waals surface area contributed by atoms with E-state index in [1.807, 2.05) is 18.7 Å². The van der Waals surface area contributed by atoms with Gasteiger partial charge in [0.25, 0.3) is 0 Å². The molecule has 19 heavy (non-hydrogen) atoms. The van der Waals surface area contributed by atoms with Crippen molar-refractivity contribution in [3.8, 4) is 0 Å². The Kier molecular flexibility index (Phi) is 4.02. The topological polar surface area (TPSA) is 58.6 Å². The van der Waals surface area contributed by atoms with Gasteiger partial charge in [0.05, 0.1) is 7.11 Å². The first-order valence-electron chi connectivity index (χ1n) is 7.12. The molecule has 2 aliphatic rings. The lowest BCUT2D eigenvalue weighted by Gasteiger charge is -2.36. The molecule has 0 radical (unpaired) electrons. The number of carbonyl (C=O) groups is 2. The maximum atomic E-state index is 12.7. The van der Waals surface area contributed by atoms with Crippen molar-refractivity contribution in [3.05, 3.63) is 0 Å². The highest BCUT2D eigenvalue weighted by atomic mass is 16.5. The van der Waals surface area contributed by atoms with Crippen LogP contribution in [0.5, 0.6) is 0 Å². The fraction of sp³-hybridized carbons (Fsp3) is 0.857. The molecule has 108 valence electrons. The number of carbonyl (C=O) groups excluding carboxylic acids is 2. The monoisotopic (exact) mass is 268 g/mol. The van der Waals surface area contributed by atoms with Crippen molar-refractivity contribution >= 4 is 12.0 Å². The van der Waals surface area contributed by atoms with Crippen molar-refractivity contribution in [3.63, 3.8) is 0 Å². The Labute approximate surface area is 114 Å². The fourth-order valence-electron chi connectivity index (χ4n) is 3.48. The minimum atomic E-state index is -0.538. The van der Waals surface area contributed by atoms with Crippen molar-refractivity contribution in [2.45, 2.75) is 58.2 Å². The summed E-state index contributed by atoms with van der Waals surface area (Å²) in [6.45, 7) is 6.01. The van der Waals surface area contributed by atoms with E-state index < -0.39 is 12.1 Å². The zero-order valence-corrected chi connectivity index (χ0v) is 12.2. The molecule has 2 fully saturated rings. The normalized spacial score (nSPS) is 30.6. The van der Waals surface area contributed by atoms with Gasteiger partial charge in [0.15, 0.2) is 0 Å². The summed E-state index contributed by atoms with van der Waals surface area (Å²) in [5.41, 5.74) is 0. The van der Waals surface area contributed by atoms with E-state index in [1.54, 1.807) is 0 Å². The molecule has 1 aliphatic heterocycles. The first-order valence-corrected chi connectivity index (χ1v) is 7.12. The molecule has 0 aromatic rings. The summed E-state index contributed by atoms with van der Waals surface area (Å²) in [4.78, 5) is 26.1. The number of methoxy groups -OCH3 is 1. The van der Waals surface area contributed by atoms with E-state index in [0.29, 0.717) is 18.0 Å². The van der Waals surface area contributed by atoms with Gasteiger partial charge in [0, 0.05) is 12.1 Å². The number of likely N-dealkylation sites (tertiary alicyclic amines) is 1. The number of hydrogen-bond acceptors (Lipinski definition) is 3. The molecule has 1 saturated heterocycles. The molecule has 1 N–H and O–H groups in total. The molecule has 2 bridgehead atoms. The number of fused-ring (bicyclic) bond motifs is 2. The van der Waals surface area contributed by atoms with E-state index in [9.17, 15) is 9.59 Å². The third-order valence-electron chi connectivity index (χ3n) is 4.61. The predicted octanol–water partition coefficient (Wildman–Crippen LogP) is 1.77. The van der Waals surface area contributed by atoms with E-state index in [0.717, 1.165) is 12.8 Å². The van der Waals surface area contributed by atoms with Gasteiger partial charge in [-0.3, -0.25) is 4.79 Å². The Balaban J connectivity index is 2.09. The van der Waals surface area contributed by atoms with Gasteiger partial charge in [-0.15, -0.1) is 0 Å². The van der Waals surface area contributed by atoms with Gasteiger partial charge in [-0.25, -0.2) is 4.79 Å². The quantitative estimate of drug-likeness (QED) is 0.848. The SMILES string of the molecule is COC(=O)N[C@H](C(=O)N1[C@@H]2CC[C@@H](C2)[C@H]1C)C(C)C. The van der Waals surface area contributed by atoms with Crippen LogP contribution >= 0.6 is 0 Å². The molecular formula is C14H24N2O3. The number of hydrogen-bond donors (Lipinski definition) is 1. The number of rotatable bonds is 3. The van der Waals surface area contributed by atoms with Gasteiger partial charge >= 0.3 is 6.09 Å². The highest BCUT2D eigenvalue weighted by Gasteiger charge is 2.47. The van der Waals surface area contributed by atoms with Crippen molar-refractivity contribution in [1.29, 1.82) is 0 Å². The van der Waals surface area contributed by atoms with Crippen LogP contribution < -0.4 is 5.32 Å². The molecule has 2 rings (SSSR count). The number of nitrogens with one attached hydrogen (secondary N) is 1. The molecule has 0 unspecified atom stereocenters. The molecule has 0 spiro atoms. The van der Waals surface area contributed by atoms with Gasteiger partial charge < -0.3 is 15.0 Å². The molecule has 5 heteroatoms. The summed E-state index contributed by atoms with van der Waals surface area (Å²) < 4.78 is 4.61. The maximum Gasteiger partial charge on any atom is 0.407 e. The molecular weight excluding hydrogens is 244 g/mol. The molecule has 5 nitrogen and oxygen atoms in total. The summed E-state index contributed by atoms with van der Waals surface area (Å²) in [7, 11) is 1.32. The summed E-state index contributed by atoms with van der Waals surface area (Å²) in [6.07, 6.45) is 2.91. The van der Waals surface area contributed by atoms with Crippen LogP contribution in [0.3, 0.4) is 0 Å². The first-order chi connectivity index (χ1) is 8.95. The van der Waals surface area contributed by atoms with E-state index in [-0.39, 0.29) is 11.8 Å². The van der Waals surface area contributed by atoms with Crippen molar-refractivity contribution < 1.29 is 14.3 Å². The Morgan fingerprint density at radius 3 is 2.47 bits per heavy atom. The molecule has 2 amide bonds. The van der Waals surface area contributed by atoms with Crippen LogP contribution in [-0.2, 0) is 9.53 Å². The Morgan fingerprint density at radius 1 is 1.32 bits per heavy atom. The lowest BCUT2D eigenvalue weighted by atomic mass is 9.97. The third kappa shape index (κ3) is 2.55. The molecule has 1 saturated carbocycles. The Morgan fingerprint density at radius 2 is 2.00 bits per heavy atom. The second-order valence-corrected chi connectivity index (χ2v) is 6.07. The van der Waals surface area contributed by atoms with Crippen LogP contribution in [0, 0.1) is 11.8 Å². The van der Waals surface area contributed by atoms with Gasteiger partial charge in [-0.1, -0.05) is 13.8 Å². The fourth-order valence-corrected chi connectivity index (χ4v) is 3.48. The van der Waals surface area contributed by atoms with E-state index in [4.69, 9.17) is 0 Å². The lowest BCUT2D eigenvalue weighted by Crippen LogP contribution is -2.55. The summed E-state index contributed by atoms with van der Waals surface area (Å²) in [5, 5.41) is 2.67. The summed E-state index contributed by atoms with van der Waals surface area (Å²) in [5.74, 6) is 0.734. The second-order valence-electron chi connectivity index (χ2n) is 6.07. The van der Waals surface area contributed by atoms with Gasteiger partial charge in [-0.05, 0) is 38.0 Å². The van der Waals surface area contributed by atoms with Crippen LogP contribution in [0.2, 0.25) is 0 Å². The maximum absolute atomic E-state index is 12.7. The van der Waals surface area contributed by atoms with E-state index in [2.05, 4.69) is 17.0 Å². The average molecular weight is 268 g/mol. The molecule has 0 aromatic carbocycles. The van der Waals surface area contributed by atoms with Crippen molar-refractivity contribution in [1.82, 2.24) is 10.2 Å². The summed E-state index contributed by atoms with van der Waals surface area (Å²) >= 11 is 0. The van der Waals surface area contributed by atoms with Crippen LogP contribution in [-0.4, -0.2) is 42.1 Å². The Bertz CT molecular complexity index is 368. The average Bonchev–Trinajstić information content (AvgIpc) is 2.95. The van der Waals surface area contributed by atoms with Gasteiger partial charge in [-0.2, -0.15) is 0 Å². The second kappa shape index (κ2) is 5.39. The minimum absolute atomic E-state index is 0.0418. The predicted molar refractivity (Wildman–Crippen MR) is 71.6 cm³/mol. The highest BCUT2D eigenvalue weighted by molar-refractivity contribution is 5.86. The molecule has 4 atom stereocenters. The molecule has 1 heterocycles. The Hall–Kier alpha value is -1.26. The van der Waals surface area contributed by atoms with Crippen molar-refractivity contribution in [2.24, 2.45) is 11.8 Å². The first kappa shape index (κ1) is 14.2.